The summed E-state index contributed by atoms with van der Waals surface area (Å²) in [5, 5.41) is 9.46. The first-order valence-electron chi connectivity index (χ1n) is 6.87. The molecule has 0 aromatic heterocycles. The Morgan fingerprint density at radius 1 is 0.714 bits per heavy atom. The first kappa shape index (κ1) is 13.8. The first-order chi connectivity index (χ1) is 10.3. The van der Waals surface area contributed by atoms with E-state index in [-0.39, 0.29) is 0 Å². The van der Waals surface area contributed by atoms with Gasteiger partial charge in [0.2, 0.25) is 0 Å². The summed E-state index contributed by atoms with van der Waals surface area (Å²) in [7, 11) is 0. The van der Waals surface area contributed by atoms with Crippen molar-refractivity contribution in [3.8, 4) is 16.9 Å². The average molecular weight is 292 g/mol. The van der Waals surface area contributed by atoms with Crippen molar-refractivity contribution in [2.75, 3.05) is 0 Å². The van der Waals surface area contributed by atoms with Crippen LogP contribution in [0.25, 0.3) is 11.1 Å². The SMILES string of the molecule is Oc1cccc(SCc2ccc(-c3ccccc3)cc2)c1. The maximum Gasteiger partial charge on any atom is 0.116 e. The van der Waals surface area contributed by atoms with Gasteiger partial charge in [0.05, 0.1) is 0 Å². The summed E-state index contributed by atoms with van der Waals surface area (Å²) in [5.74, 6) is 1.22. The van der Waals surface area contributed by atoms with Crippen molar-refractivity contribution >= 4 is 11.8 Å². The van der Waals surface area contributed by atoms with Gasteiger partial charge in [-0.2, -0.15) is 0 Å². The van der Waals surface area contributed by atoms with Crippen LogP contribution in [0.4, 0.5) is 0 Å². The highest BCUT2D eigenvalue weighted by Crippen LogP contribution is 2.27. The molecule has 0 amide bonds. The van der Waals surface area contributed by atoms with Crippen LogP contribution in [0, 0.1) is 0 Å². The number of rotatable bonds is 4. The fourth-order valence-electron chi connectivity index (χ4n) is 2.16. The van der Waals surface area contributed by atoms with Gasteiger partial charge in [0.15, 0.2) is 0 Å². The molecular weight excluding hydrogens is 276 g/mol. The van der Waals surface area contributed by atoms with Crippen LogP contribution in [0.3, 0.4) is 0 Å². The highest BCUT2D eigenvalue weighted by molar-refractivity contribution is 7.98. The second-order valence-corrected chi connectivity index (χ2v) is 5.90. The normalized spacial score (nSPS) is 10.5. The highest BCUT2D eigenvalue weighted by atomic mass is 32.2. The fourth-order valence-corrected chi connectivity index (χ4v) is 3.07. The van der Waals surface area contributed by atoms with Crippen molar-refractivity contribution in [3.05, 3.63) is 84.4 Å². The molecule has 3 rings (SSSR count). The third kappa shape index (κ3) is 3.67. The van der Waals surface area contributed by atoms with Gasteiger partial charge in [-0.15, -0.1) is 11.8 Å². The van der Waals surface area contributed by atoms with E-state index in [4.69, 9.17) is 0 Å². The molecule has 2 heteroatoms. The summed E-state index contributed by atoms with van der Waals surface area (Å²) in [5.41, 5.74) is 3.76. The molecule has 104 valence electrons. The van der Waals surface area contributed by atoms with E-state index in [1.807, 2.05) is 18.2 Å². The van der Waals surface area contributed by atoms with Crippen molar-refractivity contribution in [2.45, 2.75) is 10.6 Å². The number of phenolic OH excluding ortho intramolecular Hbond substituents is 1. The first-order valence-corrected chi connectivity index (χ1v) is 7.86. The molecule has 0 aliphatic carbocycles. The zero-order valence-electron chi connectivity index (χ0n) is 11.6. The number of hydrogen-bond donors (Lipinski definition) is 1. The molecule has 1 nitrogen and oxygen atoms in total. The van der Waals surface area contributed by atoms with Gasteiger partial charge in [0.1, 0.15) is 5.75 Å². The Kier molecular flexibility index (Phi) is 4.27. The van der Waals surface area contributed by atoms with Gasteiger partial charge >= 0.3 is 0 Å². The van der Waals surface area contributed by atoms with Crippen molar-refractivity contribution < 1.29 is 5.11 Å². The minimum absolute atomic E-state index is 0.319. The Hall–Kier alpha value is -2.19. The molecule has 0 unspecified atom stereocenters. The topological polar surface area (TPSA) is 20.2 Å². The Labute approximate surface area is 129 Å². The van der Waals surface area contributed by atoms with Gasteiger partial charge in [-0.25, -0.2) is 0 Å². The predicted molar refractivity (Wildman–Crippen MR) is 89.5 cm³/mol. The van der Waals surface area contributed by atoms with Gasteiger partial charge in [-0.3, -0.25) is 0 Å². The van der Waals surface area contributed by atoms with Crippen molar-refractivity contribution in [1.29, 1.82) is 0 Å². The Balaban J connectivity index is 1.68. The number of hydrogen-bond acceptors (Lipinski definition) is 2. The molecule has 0 radical (unpaired) electrons. The van der Waals surface area contributed by atoms with Gasteiger partial charge in [0, 0.05) is 10.6 Å². The Bertz CT molecular complexity index is 705. The van der Waals surface area contributed by atoms with Gasteiger partial charge < -0.3 is 5.11 Å². The summed E-state index contributed by atoms with van der Waals surface area (Å²) in [6.07, 6.45) is 0. The molecule has 0 heterocycles. The Morgan fingerprint density at radius 3 is 2.14 bits per heavy atom. The lowest BCUT2D eigenvalue weighted by atomic mass is 10.0. The zero-order valence-corrected chi connectivity index (χ0v) is 12.4. The maximum atomic E-state index is 9.46. The third-order valence-corrected chi connectivity index (χ3v) is 4.35. The number of aromatic hydroxyl groups is 1. The van der Waals surface area contributed by atoms with Crippen LogP contribution in [0.15, 0.2) is 83.8 Å². The molecule has 0 spiro atoms. The smallest absolute Gasteiger partial charge is 0.116 e. The molecule has 1 N–H and O–H groups in total. The molecule has 0 fully saturated rings. The summed E-state index contributed by atoms with van der Waals surface area (Å²) >= 11 is 1.73. The molecule has 0 atom stereocenters. The summed E-state index contributed by atoms with van der Waals surface area (Å²) in [6, 6.07) is 26.4. The van der Waals surface area contributed by atoms with Gasteiger partial charge in [-0.1, -0.05) is 60.7 Å². The summed E-state index contributed by atoms with van der Waals surface area (Å²) < 4.78 is 0. The van der Waals surface area contributed by atoms with E-state index in [2.05, 4.69) is 48.5 Å². The standard InChI is InChI=1S/C19H16OS/c20-18-7-4-8-19(13-18)21-14-15-9-11-17(12-10-15)16-5-2-1-3-6-16/h1-13,20H,14H2. The van der Waals surface area contributed by atoms with E-state index < -0.39 is 0 Å². The minimum atomic E-state index is 0.319. The van der Waals surface area contributed by atoms with Crippen molar-refractivity contribution in [2.24, 2.45) is 0 Å². The minimum Gasteiger partial charge on any atom is -0.508 e. The van der Waals surface area contributed by atoms with Crippen LogP contribution >= 0.6 is 11.8 Å². The number of thioether (sulfide) groups is 1. The largest absolute Gasteiger partial charge is 0.508 e. The molecule has 0 bridgehead atoms. The summed E-state index contributed by atoms with van der Waals surface area (Å²) in [4.78, 5) is 1.09. The highest BCUT2D eigenvalue weighted by Gasteiger charge is 2.00. The van der Waals surface area contributed by atoms with E-state index in [0.29, 0.717) is 5.75 Å². The second-order valence-electron chi connectivity index (χ2n) is 4.85. The quantitative estimate of drug-likeness (QED) is 0.654. The van der Waals surface area contributed by atoms with Crippen LogP contribution in [-0.2, 0) is 5.75 Å². The van der Waals surface area contributed by atoms with E-state index >= 15 is 0 Å². The van der Waals surface area contributed by atoms with E-state index in [1.165, 1.54) is 16.7 Å². The number of benzene rings is 3. The third-order valence-electron chi connectivity index (χ3n) is 3.28. The molecule has 0 aliphatic rings. The van der Waals surface area contributed by atoms with Crippen molar-refractivity contribution in [1.82, 2.24) is 0 Å². The Morgan fingerprint density at radius 2 is 1.43 bits per heavy atom. The zero-order chi connectivity index (χ0) is 14.5. The molecule has 3 aromatic rings. The molecule has 21 heavy (non-hydrogen) atoms. The molecule has 0 aliphatic heterocycles. The fraction of sp³-hybridized carbons (Fsp3) is 0.0526. The van der Waals surface area contributed by atoms with E-state index in [0.717, 1.165) is 10.6 Å². The second kappa shape index (κ2) is 6.51. The molecule has 0 saturated carbocycles. The maximum absolute atomic E-state index is 9.46. The van der Waals surface area contributed by atoms with Crippen molar-refractivity contribution in [3.63, 3.8) is 0 Å². The van der Waals surface area contributed by atoms with Crippen LogP contribution in [0.5, 0.6) is 5.75 Å². The molecule has 3 aromatic carbocycles. The lowest BCUT2D eigenvalue weighted by Crippen LogP contribution is -1.82. The van der Waals surface area contributed by atoms with Crippen LogP contribution < -0.4 is 0 Å². The predicted octanol–water partition coefficient (Wildman–Crippen LogP) is 5.35. The summed E-state index contributed by atoms with van der Waals surface area (Å²) in [6.45, 7) is 0. The van der Waals surface area contributed by atoms with E-state index in [1.54, 1.807) is 23.9 Å². The lowest BCUT2D eigenvalue weighted by Gasteiger charge is -2.05. The van der Waals surface area contributed by atoms with Crippen LogP contribution in [0.2, 0.25) is 0 Å². The van der Waals surface area contributed by atoms with Crippen LogP contribution in [-0.4, -0.2) is 5.11 Å². The lowest BCUT2D eigenvalue weighted by molar-refractivity contribution is 0.474. The number of phenols is 1. The monoisotopic (exact) mass is 292 g/mol. The van der Waals surface area contributed by atoms with Gasteiger partial charge in [-0.05, 0) is 34.9 Å². The van der Waals surface area contributed by atoms with Crippen LogP contribution in [0.1, 0.15) is 5.56 Å². The van der Waals surface area contributed by atoms with Gasteiger partial charge in [0.25, 0.3) is 0 Å². The van der Waals surface area contributed by atoms with E-state index in [9.17, 15) is 5.11 Å². The molecule has 0 saturated heterocycles. The molecular formula is C19H16OS. The average Bonchev–Trinajstić information content (AvgIpc) is 2.54.